The molecule has 20 heavy (non-hydrogen) atoms. The lowest BCUT2D eigenvalue weighted by Crippen LogP contribution is -2.19. The predicted molar refractivity (Wildman–Crippen MR) is 70.3 cm³/mol. The SMILES string of the molecule is O=C(OC(C(=O)O)c1ccccc1)c1ccccc1O. The fourth-order valence-corrected chi connectivity index (χ4v) is 1.71. The molecule has 2 aromatic carbocycles. The quantitative estimate of drug-likeness (QED) is 0.835. The van der Waals surface area contributed by atoms with E-state index in [2.05, 4.69) is 0 Å². The Hall–Kier alpha value is -2.82. The minimum absolute atomic E-state index is 0.0744. The molecule has 0 fully saturated rings. The summed E-state index contributed by atoms with van der Waals surface area (Å²) in [5, 5.41) is 18.7. The number of carboxylic acid groups (broad SMARTS) is 1. The van der Waals surface area contributed by atoms with E-state index >= 15 is 0 Å². The van der Waals surface area contributed by atoms with Crippen LogP contribution < -0.4 is 0 Å². The first-order valence-electron chi connectivity index (χ1n) is 5.86. The van der Waals surface area contributed by atoms with E-state index in [1.54, 1.807) is 42.5 Å². The summed E-state index contributed by atoms with van der Waals surface area (Å²) < 4.78 is 4.97. The zero-order valence-electron chi connectivity index (χ0n) is 10.4. The summed E-state index contributed by atoms with van der Waals surface area (Å²) in [5.74, 6) is -2.42. The minimum Gasteiger partial charge on any atom is -0.507 e. The van der Waals surface area contributed by atoms with Crippen LogP contribution in [-0.2, 0) is 9.53 Å². The number of aliphatic carboxylic acids is 1. The molecule has 0 aliphatic rings. The average molecular weight is 272 g/mol. The third kappa shape index (κ3) is 2.95. The van der Waals surface area contributed by atoms with Gasteiger partial charge in [0.1, 0.15) is 11.3 Å². The van der Waals surface area contributed by atoms with E-state index in [0.29, 0.717) is 5.56 Å². The molecule has 0 aliphatic carbocycles. The van der Waals surface area contributed by atoms with Gasteiger partial charge in [-0.1, -0.05) is 42.5 Å². The molecule has 1 atom stereocenters. The molecule has 0 heterocycles. The van der Waals surface area contributed by atoms with Crippen LogP contribution in [0.3, 0.4) is 0 Å². The Kier molecular flexibility index (Phi) is 4.00. The maximum Gasteiger partial charge on any atom is 0.349 e. The molecule has 0 bridgehead atoms. The normalized spacial score (nSPS) is 11.6. The molecule has 2 aromatic rings. The van der Waals surface area contributed by atoms with Crippen molar-refractivity contribution in [2.75, 3.05) is 0 Å². The smallest absolute Gasteiger partial charge is 0.349 e. The van der Waals surface area contributed by atoms with Crippen LogP contribution in [0.15, 0.2) is 54.6 Å². The van der Waals surface area contributed by atoms with E-state index in [0.717, 1.165) is 0 Å². The summed E-state index contributed by atoms with van der Waals surface area (Å²) >= 11 is 0. The number of esters is 1. The molecule has 5 heteroatoms. The van der Waals surface area contributed by atoms with Gasteiger partial charge in [0, 0.05) is 5.56 Å². The van der Waals surface area contributed by atoms with Crippen LogP contribution in [0.25, 0.3) is 0 Å². The van der Waals surface area contributed by atoms with E-state index < -0.39 is 18.0 Å². The number of benzene rings is 2. The number of carbonyl (C=O) groups is 2. The first-order valence-corrected chi connectivity index (χ1v) is 5.86. The second kappa shape index (κ2) is 5.88. The maximum absolute atomic E-state index is 11.9. The second-order valence-corrected chi connectivity index (χ2v) is 4.05. The molecule has 0 amide bonds. The fraction of sp³-hybridized carbons (Fsp3) is 0.0667. The van der Waals surface area contributed by atoms with Gasteiger partial charge in [-0.05, 0) is 12.1 Å². The van der Waals surface area contributed by atoms with Crippen LogP contribution >= 0.6 is 0 Å². The van der Waals surface area contributed by atoms with Crippen LogP contribution in [0.4, 0.5) is 0 Å². The average Bonchev–Trinajstić information content (AvgIpc) is 2.45. The molecule has 0 spiro atoms. The van der Waals surface area contributed by atoms with Crippen molar-refractivity contribution in [1.82, 2.24) is 0 Å². The first kappa shape index (κ1) is 13.6. The lowest BCUT2D eigenvalue weighted by molar-refractivity contribution is -0.147. The number of rotatable bonds is 4. The van der Waals surface area contributed by atoms with Gasteiger partial charge >= 0.3 is 11.9 Å². The highest BCUT2D eigenvalue weighted by molar-refractivity contribution is 5.94. The minimum atomic E-state index is -1.41. The molecule has 0 radical (unpaired) electrons. The number of phenolic OH excluding ortho intramolecular Hbond substituents is 1. The van der Waals surface area contributed by atoms with E-state index in [9.17, 15) is 14.7 Å². The van der Waals surface area contributed by atoms with Gasteiger partial charge < -0.3 is 14.9 Å². The van der Waals surface area contributed by atoms with E-state index in [1.165, 1.54) is 12.1 Å². The summed E-state index contributed by atoms with van der Waals surface area (Å²) in [6, 6.07) is 13.9. The molecule has 0 saturated carbocycles. The third-order valence-corrected chi connectivity index (χ3v) is 2.68. The molecule has 2 rings (SSSR count). The van der Waals surface area contributed by atoms with Gasteiger partial charge in [-0.3, -0.25) is 0 Å². The Balaban J connectivity index is 2.24. The Morgan fingerprint density at radius 3 is 2.15 bits per heavy atom. The lowest BCUT2D eigenvalue weighted by Gasteiger charge is -2.14. The molecule has 0 saturated heterocycles. The molecule has 2 N–H and O–H groups in total. The van der Waals surface area contributed by atoms with Gasteiger partial charge in [0.2, 0.25) is 6.10 Å². The van der Waals surface area contributed by atoms with Gasteiger partial charge in [0.25, 0.3) is 0 Å². The highest BCUT2D eigenvalue weighted by atomic mass is 16.6. The number of carbonyl (C=O) groups excluding carboxylic acids is 1. The lowest BCUT2D eigenvalue weighted by atomic mass is 10.1. The largest absolute Gasteiger partial charge is 0.507 e. The first-order chi connectivity index (χ1) is 9.59. The van der Waals surface area contributed by atoms with Crippen LogP contribution in [0, 0.1) is 0 Å². The van der Waals surface area contributed by atoms with Crippen LogP contribution in [-0.4, -0.2) is 22.2 Å². The van der Waals surface area contributed by atoms with Gasteiger partial charge in [-0.2, -0.15) is 0 Å². The van der Waals surface area contributed by atoms with Crippen LogP contribution in [0.1, 0.15) is 22.0 Å². The Labute approximate surface area is 115 Å². The molecule has 5 nitrogen and oxygen atoms in total. The van der Waals surface area contributed by atoms with Gasteiger partial charge in [-0.15, -0.1) is 0 Å². The number of para-hydroxylation sites is 1. The Morgan fingerprint density at radius 1 is 0.950 bits per heavy atom. The van der Waals surface area contributed by atoms with Crippen molar-refractivity contribution in [3.05, 3.63) is 65.7 Å². The fourth-order valence-electron chi connectivity index (χ4n) is 1.71. The molecule has 1 unspecified atom stereocenters. The zero-order valence-corrected chi connectivity index (χ0v) is 10.4. The van der Waals surface area contributed by atoms with Crippen molar-refractivity contribution in [2.24, 2.45) is 0 Å². The Morgan fingerprint density at radius 2 is 1.55 bits per heavy atom. The molecule has 102 valence electrons. The van der Waals surface area contributed by atoms with Crippen LogP contribution in [0.2, 0.25) is 0 Å². The molecule has 0 aromatic heterocycles. The number of hydrogen-bond acceptors (Lipinski definition) is 4. The van der Waals surface area contributed by atoms with Crippen molar-refractivity contribution in [2.45, 2.75) is 6.10 Å². The van der Waals surface area contributed by atoms with Crippen molar-refractivity contribution in [3.8, 4) is 5.75 Å². The standard InChI is InChI=1S/C15H12O5/c16-12-9-5-4-8-11(12)15(19)20-13(14(17)18)10-6-2-1-3-7-10/h1-9,13,16H,(H,17,18). The summed E-state index contributed by atoms with van der Waals surface area (Å²) in [5.41, 5.74) is 0.276. The van der Waals surface area contributed by atoms with Gasteiger partial charge in [-0.25, -0.2) is 9.59 Å². The Bertz CT molecular complexity index is 621. The maximum atomic E-state index is 11.9. The van der Waals surface area contributed by atoms with Crippen molar-refractivity contribution >= 4 is 11.9 Å². The number of ether oxygens (including phenoxy) is 1. The monoisotopic (exact) mass is 272 g/mol. The summed E-state index contributed by atoms with van der Waals surface area (Å²) in [6.07, 6.45) is -1.41. The van der Waals surface area contributed by atoms with Crippen LogP contribution in [0.5, 0.6) is 5.75 Å². The van der Waals surface area contributed by atoms with E-state index in [1.807, 2.05) is 0 Å². The van der Waals surface area contributed by atoms with E-state index in [-0.39, 0.29) is 11.3 Å². The van der Waals surface area contributed by atoms with Crippen molar-refractivity contribution < 1.29 is 24.5 Å². The van der Waals surface area contributed by atoms with Crippen molar-refractivity contribution in [1.29, 1.82) is 0 Å². The molecular formula is C15H12O5. The highest BCUT2D eigenvalue weighted by Crippen LogP contribution is 2.23. The van der Waals surface area contributed by atoms with Gasteiger partial charge in [0.05, 0.1) is 0 Å². The summed E-state index contributed by atoms with van der Waals surface area (Å²) in [7, 11) is 0. The second-order valence-electron chi connectivity index (χ2n) is 4.05. The zero-order chi connectivity index (χ0) is 14.5. The number of hydrogen-bond donors (Lipinski definition) is 2. The molecular weight excluding hydrogens is 260 g/mol. The molecule has 0 aliphatic heterocycles. The van der Waals surface area contributed by atoms with E-state index in [4.69, 9.17) is 9.84 Å². The third-order valence-electron chi connectivity index (χ3n) is 2.68. The van der Waals surface area contributed by atoms with Gasteiger partial charge in [0.15, 0.2) is 0 Å². The predicted octanol–water partition coefficient (Wildman–Crippen LogP) is 2.37. The highest BCUT2D eigenvalue weighted by Gasteiger charge is 2.25. The number of phenols is 1. The number of aromatic hydroxyl groups is 1. The summed E-state index contributed by atoms with van der Waals surface area (Å²) in [6.45, 7) is 0. The number of carboxylic acids is 1. The van der Waals surface area contributed by atoms with Crippen molar-refractivity contribution in [3.63, 3.8) is 0 Å². The summed E-state index contributed by atoms with van der Waals surface area (Å²) in [4.78, 5) is 23.1. The topological polar surface area (TPSA) is 83.8 Å².